The lowest BCUT2D eigenvalue weighted by Gasteiger charge is -2.31. The van der Waals surface area contributed by atoms with Crippen molar-refractivity contribution < 1.29 is 19.3 Å². The fraction of sp³-hybridized carbons (Fsp3) is 0.348. The predicted octanol–water partition coefficient (Wildman–Crippen LogP) is 5.24. The van der Waals surface area contributed by atoms with E-state index in [1.165, 1.54) is 30.3 Å². The summed E-state index contributed by atoms with van der Waals surface area (Å²) in [4.78, 5) is 52.0. The number of para-hydroxylation sites is 1. The summed E-state index contributed by atoms with van der Waals surface area (Å²) in [5.41, 5.74) is -0.231. The smallest absolute Gasteiger partial charge is 0.272 e. The molecular formula is C23H17Br2Cl2N3O5. The molecule has 12 heteroatoms. The number of amides is 3. The fourth-order valence-corrected chi connectivity index (χ4v) is 7.91. The quantitative estimate of drug-likeness (QED) is 0.192. The molecule has 5 rings (SSSR count). The maximum atomic E-state index is 13.7. The van der Waals surface area contributed by atoms with Crippen LogP contribution in [0.3, 0.4) is 0 Å². The van der Waals surface area contributed by atoms with Crippen molar-refractivity contribution in [1.82, 2.24) is 10.0 Å². The van der Waals surface area contributed by atoms with Gasteiger partial charge in [-0.2, -0.15) is 5.01 Å². The van der Waals surface area contributed by atoms with Crippen LogP contribution in [0.2, 0.25) is 10.0 Å². The summed E-state index contributed by atoms with van der Waals surface area (Å²) in [5, 5.41) is 14.1. The molecule has 2 saturated carbocycles. The molecule has 0 N–H and O–H groups in total. The number of hydrogen-bond donors (Lipinski definition) is 0. The fourth-order valence-electron chi connectivity index (χ4n) is 5.57. The van der Waals surface area contributed by atoms with Gasteiger partial charge < -0.3 is 0 Å². The number of halogens is 4. The second kappa shape index (κ2) is 9.14. The SMILES string of the molecule is O=C(c1ccccc1[N+](=O)[O-])N(Cc1ccc(Cl)cc1Cl)N1C(=O)[C@@H]2[C@H]3C[C@@H]([C@@H](Br)[C@H]3Br)[C@H]2C1=O. The normalized spacial score (nSPS) is 29.0. The Morgan fingerprint density at radius 2 is 1.66 bits per heavy atom. The van der Waals surface area contributed by atoms with E-state index in [9.17, 15) is 24.5 Å². The van der Waals surface area contributed by atoms with Crippen molar-refractivity contribution in [3.63, 3.8) is 0 Å². The van der Waals surface area contributed by atoms with Crippen LogP contribution in [0.4, 0.5) is 5.69 Å². The number of nitro benzene ring substituents is 1. The van der Waals surface area contributed by atoms with Crippen LogP contribution in [-0.2, 0) is 16.1 Å². The van der Waals surface area contributed by atoms with Gasteiger partial charge in [0.1, 0.15) is 5.56 Å². The lowest BCUT2D eigenvalue weighted by Crippen LogP contribution is -2.50. The van der Waals surface area contributed by atoms with Gasteiger partial charge in [0.2, 0.25) is 0 Å². The van der Waals surface area contributed by atoms with E-state index in [0.717, 1.165) is 16.4 Å². The molecule has 0 spiro atoms. The highest BCUT2D eigenvalue weighted by Crippen LogP contribution is 2.60. The minimum atomic E-state index is -0.844. The Hall–Kier alpha value is -2.01. The van der Waals surface area contributed by atoms with E-state index < -0.39 is 40.2 Å². The standard InChI is InChI=1S/C23H17Br2Cl2N3O5/c24-19-13-8-14(20(19)25)18-17(13)22(32)29(23(18)33)28(9-10-5-6-11(26)7-15(10)27)21(31)12-3-1-2-4-16(12)30(34)35/h1-7,13-14,17-20H,8-9H2/t13-,14-,17-,18-,19-,20+/m1/s1. The van der Waals surface area contributed by atoms with Gasteiger partial charge >= 0.3 is 0 Å². The Labute approximate surface area is 226 Å². The van der Waals surface area contributed by atoms with Gasteiger partial charge in [-0.15, -0.1) is 0 Å². The maximum absolute atomic E-state index is 13.7. The van der Waals surface area contributed by atoms with Gasteiger partial charge in [-0.1, -0.05) is 73.3 Å². The van der Waals surface area contributed by atoms with Gasteiger partial charge in [0.05, 0.1) is 23.3 Å². The minimum absolute atomic E-state index is 0.0236. The van der Waals surface area contributed by atoms with Crippen molar-refractivity contribution in [1.29, 1.82) is 0 Å². The van der Waals surface area contributed by atoms with Crippen molar-refractivity contribution >= 4 is 78.5 Å². The van der Waals surface area contributed by atoms with E-state index >= 15 is 0 Å². The van der Waals surface area contributed by atoms with Crippen molar-refractivity contribution in [3.8, 4) is 0 Å². The number of hydrogen-bond acceptors (Lipinski definition) is 5. The van der Waals surface area contributed by atoms with E-state index in [1.54, 1.807) is 12.1 Å². The van der Waals surface area contributed by atoms with Crippen LogP contribution in [-0.4, -0.2) is 42.3 Å². The van der Waals surface area contributed by atoms with E-state index in [-0.39, 0.29) is 38.6 Å². The summed E-state index contributed by atoms with van der Waals surface area (Å²) < 4.78 is 0. The molecule has 2 bridgehead atoms. The first-order chi connectivity index (χ1) is 16.6. The van der Waals surface area contributed by atoms with Gasteiger partial charge in [0.25, 0.3) is 23.4 Å². The maximum Gasteiger partial charge on any atom is 0.282 e. The highest BCUT2D eigenvalue weighted by atomic mass is 79.9. The number of hydrazine groups is 1. The van der Waals surface area contributed by atoms with E-state index in [4.69, 9.17) is 23.2 Å². The molecule has 1 heterocycles. The molecule has 3 amide bonds. The number of benzene rings is 2. The number of nitrogens with zero attached hydrogens (tertiary/aromatic N) is 3. The zero-order valence-electron chi connectivity index (χ0n) is 17.8. The summed E-state index contributed by atoms with van der Waals surface area (Å²) in [7, 11) is 0. The molecule has 0 unspecified atom stereocenters. The molecule has 8 nitrogen and oxygen atoms in total. The van der Waals surface area contributed by atoms with Crippen LogP contribution >= 0.6 is 55.1 Å². The Balaban J connectivity index is 1.58. The van der Waals surface area contributed by atoms with E-state index in [1.807, 2.05) is 0 Å². The van der Waals surface area contributed by atoms with Crippen LogP contribution < -0.4 is 0 Å². The number of carbonyl (C=O) groups is 3. The molecule has 1 aliphatic heterocycles. The number of alkyl halides is 2. The molecule has 6 atom stereocenters. The largest absolute Gasteiger partial charge is 0.282 e. The summed E-state index contributed by atoms with van der Waals surface area (Å²) in [5.74, 6) is -3.04. The molecule has 35 heavy (non-hydrogen) atoms. The van der Waals surface area contributed by atoms with Crippen LogP contribution in [0.1, 0.15) is 22.3 Å². The highest BCUT2D eigenvalue weighted by molar-refractivity contribution is 9.12. The van der Waals surface area contributed by atoms with Crippen LogP contribution in [0, 0.1) is 33.8 Å². The molecule has 182 valence electrons. The number of rotatable bonds is 5. The first kappa shape index (κ1) is 24.7. The average molecular weight is 646 g/mol. The molecule has 1 saturated heterocycles. The van der Waals surface area contributed by atoms with Gasteiger partial charge in [-0.25, -0.2) is 5.01 Å². The summed E-state index contributed by atoms with van der Waals surface area (Å²) in [6.07, 6.45) is 0.730. The molecule has 0 aromatic heterocycles. The molecule has 0 radical (unpaired) electrons. The molecule has 2 aromatic carbocycles. The molecule has 2 aliphatic carbocycles. The second-order valence-corrected chi connectivity index (χ2v) is 11.8. The van der Waals surface area contributed by atoms with E-state index in [0.29, 0.717) is 10.6 Å². The highest BCUT2D eigenvalue weighted by Gasteiger charge is 2.67. The Morgan fingerprint density at radius 1 is 1.06 bits per heavy atom. The number of nitro groups is 1. The van der Waals surface area contributed by atoms with Crippen molar-refractivity contribution in [2.75, 3.05) is 0 Å². The number of imide groups is 1. The van der Waals surface area contributed by atoms with Crippen LogP contribution in [0.25, 0.3) is 0 Å². The lowest BCUT2D eigenvalue weighted by atomic mass is 9.81. The van der Waals surface area contributed by atoms with Gasteiger partial charge in [-0.05, 0) is 42.0 Å². The van der Waals surface area contributed by atoms with Crippen LogP contribution in [0.15, 0.2) is 42.5 Å². The summed E-state index contributed by atoms with van der Waals surface area (Å²) >= 11 is 19.6. The summed E-state index contributed by atoms with van der Waals surface area (Å²) in [6.45, 7) is -0.247. The number of fused-ring (bicyclic) bond motifs is 5. The zero-order chi connectivity index (χ0) is 25.2. The number of carbonyl (C=O) groups excluding carboxylic acids is 3. The second-order valence-electron chi connectivity index (χ2n) is 8.86. The third kappa shape index (κ3) is 3.89. The predicted molar refractivity (Wildman–Crippen MR) is 135 cm³/mol. The van der Waals surface area contributed by atoms with E-state index in [2.05, 4.69) is 31.9 Å². The van der Waals surface area contributed by atoms with Crippen molar-refractivity contribution in [3.05, 3.63) is 73.8 Å². The summed E-state index contributed by atoms with van der Waals surface area (Å²) in [6, 6.07) is 10.1. The van der Waals surface area contributed by atoms with Crippen molar-refractivity contribution in [2.45, 2.75) is 22.6 Å². The van der Waals surface area contributed by atoms with Gasteiger partial charge in [-0.3, -0.25) is 24.5 Å². The Morgan fingerprint density at radius 3 is 2.23 bits per heavy atom. The monoisotopic (exact) mass is 643 g/mol. The first-order valence-corrected chi connectivity index (χ1v) is 13.4. The zero-order valence-corrected chi connectivity index (χ0v) is 22.5. The first-order valence-electron chi connectivity index (χ1n) is 10.8. The Bertz CT molecular complexity index is 1250. The molecule has 3 fully saturated rings. The lowest BCUT2D eigenvalue weighted by molar-refractivity contribution is -0.385. The molecule has 2 aromatic rings. The van der Waals surface area contributed by atoms with Crippen LogP contribution in [0.5, 0.6) is 0 Å². The Kier molecular flexibility index (Phi) is 6.44. The van der Waals surface area contributed by atoms with Gasteiger partial charge in [0, 0.05) is 25.8 Å². The average Bonchev–Trinajstić information content (AvgIpc) is 3.43. The topological polar surface area (TPSA) is 101 Å². The molecule has 3 aliphatic rings. The van der Waals surface area contributed by atoms with Crippen molar-refractivity contribution in [2.24, 2.45) is 23.7 Å². The third-order valence-electron chi connectivity index (χ3n) is 7.11. The van der Waals surface area contributed by atoms with Gasteiger partial charge in [0.15, 0.2) is 0 Å². The third-order valence-corrected chi connectivity index (χ3v) is 10.9. The minimum Gasteiger partial charge on any atom is -0.272 e. The molecular weight excluding hydrogens is 629 g/mol.